The zero-order valence-electron chi connectivity index (χ0n) is 6.11. The van der Waals surface area contributed by atoms with Crippen LogP contribution in [0.3, 0.4) is 0 Å². The van der Waals surface area contributed by atoms with Crippen LogP contribution in [0, 0.1) is 6.07 Å². The van der Waals surface area contributed by atoms with Crippen molar-refractivity contribution in [2.75, 3.05) is 0 Å². The predicted octanol–water partition coefficient (Wildman–Crippen LogP) is 1.72. The Balaban J connectivity index is 2.43. The second-order valence-corrected chi connectivity index (χ2v) is 2.67. The molecule has 0 aliphatic rings. The molecule has 0 saturated heterocycles. The second kappa shape index (κ2) is 2.95. The first-order valence-electron chi connectivity index (χ1n) is 3.38. The van der Waals surface area contributed by atoms with Gasteiger partial charge in [-0.2, -0.15) is 0 Å². The lowest BCUT2D eigenvalue weighted by molar-refractivity contribution is 1.06. The molecule has 0 spiro atoms. The van der Waals surface area contributed by atoms with Gasteiger partial charge >= 0.3 is 0 Å². The minimum absolute atomic E-state index is 0.604. The fraction of sp³-hybridized carbons (Fsp3) is 0. The molecule has 0 saturated carbocycles. The molecule has 0 N–H and O–H groups in total. The van der Waals surface area contributed by atoms with E-state index in [9.17, 15) is 0 Å². The van der Waals surface area contributed by atoms with Gasteiger partial charge in [0.2, 0.25) is 0 Å². The molecule has 0 amide bonds. The Morgan fingerprint density at radius 2 is 2.00 bits per heavy atom. The summed E-state index contributed by atoms with van der Waals surface area (Å²) in [6, 6.07) is 8.31. The molecule has 2 rings (SSSR count). The number of hydrogen-bond donors (Lipinski definition) is 0. The van der Waals surface area contributed by atoms with Crippen LogP contribution in [0.1, 0.15) is 0 Å². The molecule has 2 aromatic rings. The highest BCUT2D eigenvalue weighted by Gasteiger charge is 1.94. The Hall–Kier alpha value is -1.35. The maximum Gasteiger partial charge on any atom is 0.123 e. The van der Waals surface area contributed by atoms with Gasteiger partial charge in [-0.1, -0.05) is 11.6 Å². The summed E-state index contributed by atoms with van der Waals surface area (Å²) in [5.74, 6) is 0. The molecule has 59 valence electrons. The summed E-state index contributed by atoms with van der Waals surface area (Å²) >= 11 is 5.68. The van der Waals surface area contributed by atoms with Gasteiger partial charge < -0.3 is 0 Å². The van der Waals surface area contributed by atoms with Crippen molar-refractivity contribution >= 4 is 11.6 Å². The summed E-state index contributed by atoms with van der Waals surface area (Å²) < 4.78 is 1.78. The van der Waals surface area contributed by atoms with Gasteiger partial charge in [0.25, 0.3) is 0 Å². The van der Waals surface area contributed by atoms with E-state index in [1.807, 2.05) is 6.07 Å². The maximum atomic E-state index is 5.68. The first kappa shape index (κ1) is 7.31. The second-order valence-electron chi connectivity index (χ2n) is 2.26. The van der Waals surface area contributed by atoms with E-state index in [1.165, 1.54) is 0 Å². The molecule has 0 atom stereocenters. The number of nitrogens with zero attached hydrogens (tertiary/aromatic N) is 3. The van der Waals surface area contributed by atoms with Crippen molar-refractivity contribution in [2.45, 2.75) is 0 Å². The molecule has 0 bridgehead atoms. The van der Waals surface area contributed by atoms with Gasteiger partial charge in [-0.25, -0.2) is 0 Å². The van der Waals surface area contributed by atoms with Gasteiger partial charge in [0.15, 0.2) is 0 Å². The quantitative estimate of drug-likeness (QED) is 0.666. The normalized spacial score (nSPS) is 10.1. The minimum Gasteiger partial charge on any atom is -0.288 e. The van der Waals surface area contributed by atoms with Gasteiger partial charge in [-0.05, 0) is 18.2 Å². The average molecular weight is 179 g/mol. The van der Waals surface area contributed by atoms with Gasteiger partial charge in [0.1, 0.15) is 12.7 Å². The van der Waals surface area contributed by atoms with Gasteiger partial charge in [0, 0.05) is 16.8 Å². The lowest BCUT2D eigenvalue weighted by Gasteiger charge is -1.98. The Labute approximate surface area is 74.6 Å². The smallest absolute Gasteiger partial charge is 0.123 e. The molecule has 0 aliphatic heterocycles. The van der Waals surface area contributed by atoms with Gasteiger partial charge in [-0.15, -0.1) is 10.2 Å². The molecule has 1 heterocycles. The van der Waals surface area contributed by atoms with Crippen molar-refractivity contribution in [3.05, 3.63) is 41.9 Å². The van der Waals surface area contributed by atoms with E-state index >= 15 is 0 Å². The third-order valence-corrected chi connectivity index (χ3v) is 1.71. The highest BCUT2D eigenvalue weighted by Crippen LogP contribution is 2.11. The lowest BCUT2D eigenvalue weighted by Crippen LogP contribution is -1.88. The highest BCUT2D eigenvalue weighted by atomic mass is 35.5. The number of halogens is 1. The Bertz CT molecular complexity index is 352. The van der Waals surface area contributed by atoms with Crippen LogP contribution in [0.2, 0.25) is 5.02 Å². The lowest BCUT2D eigenvalue weighted by atomic mass is 10.3. The van der Waals surface area contributed by atoms with E-state index in [2.05, 4.69) is 16.3 Å². The number of hydrogen-bond acceptors (Lipinski definition) is 2. The summed E-state index contributed by atoms with van der Waals surface area (Å²) in [6.45, 7) is 0. The van der Waals surface area contributed by atoms with E-state index < -0.39 is 0 Å². The molecule has 1 radical (unpaired) electrons. The minimum atomic E-state index is 0.604. The molecule has 3 nitrogen and oxygen atoms in total. The zero-order chi connectivity index (χ0) is 8.39. The van der Waals surface area contributed by atoms with Crippen LogP contribution in [-0.2, 0) is 0 Å². The fourth-order valence-corrected chi connectivity index (χ4v) is 1.01. The summed E-state index contributed by atoms with van der Waals surface area (Å²) in [4.78, 5) is 0. The third-order valence-electron chi connectivity index (χ3n) is 1.48. The largest absolute Gasteiger partial charge is 0.288 e. The molecule has 12 heavy (non-hydrogen) atoms. The summed E-state index contributed by atoms with van der Waals surface area (Å²) in [6.07, 6.45) is 3.24. The maximum absolute atomic E-state index is 5.68. The first-order valence-corrected chi connectivity index (χ1v) is 3.76. The Morgan fingerprint density at radius 3 is 2.58 bits per heavy atom. The topological polar surface area (TPSA) is 30.7 Å². The van der Waals surface area contributed by atoms with E-state index in [4.69, 9.17) is 11.6 Å². The average Bonchev–Trinajstić information content (AvgIpc) is 2.58. The van der Waals surface area contributed by atoms with Crippen LogP contribution in [0.4, 0.5) is 0 Å². The molecular weight excluding hydrogens is 174 g/mol. The van der Waals surface area contributed by atoms with Crippen molar-refractivity contribution in [1.82, 2.24) is 14.8 Å². The van der Waals surface area contributed by atoms with Gasteiger partial charge in [0.05, 0.1) is 0 Å². The van der Waals surface area contributed by atoms with E-state index in [-0.39, 0.29) is 0 Å². The van der Waals surface area contributed by atoms with Crippen LogP contribution in [-0.4, -0.2) is 14.8 Å². The zero-order valence-corrected chi connectivity index (χ0v) is 6.86. The monoisotopic (exact) mass is 178 g/mol. The molecule has 0 aliphatic carbocycles. The number of rotatable bonds is 1. The molecule has 0 fully saturated rings. The fourth-order valence-electron chi connectivity index (χ4n) is 0.892. The van der Waals surface area contributed by atoms with E-state index in [1.54, 1.807) is 29.4 Å². The molecule has 1 aromatic carbocycles. The standard InChI is InChI=1S/C8H5ClN3/c9-7-1-3-8(4-2-7)12-5-10-11-6-12/h1,3-6H. The summed E-state index contributed by atoms with van der Waals surface area (Å²) in [7, 11) is 0. The van der Waals surface area contributed by atoms with Crippen molar-refractivity contribution in [3.8, 4) is 5.69 Å². The third kappa shape index (κ3) is 1.31. The number of aromatic nitrogens is 3. The SMILES string of the molecule is Clc1[c]cc(-n2cnnc2)cc1. The van der Waals surface area contributed by atoms with Crippen molar-refractivity contribution in [2.24, 2.45) is 0 Å². The van der Waals surface area contributed by atoms with Crippen LogP contribution >= 0.6 is 11.6 Å². The summed E-state index contributed by atoms with van der Waals surface area (Å²) in [5.41, 5.74) is 0.949. The van der Waals surface area contributed by atoms with Crippen molar-refractivity contribution in [1.29, 1.82) is 0 Å². The highest BCUT2D eigenvalue weighted by molar-refractivity contribution is 6.30. The molecule has 0 unspecified atom stereocenters. The van der Waals surface area contributed by atoms with Crippen LogP contribution < -0.4 is 0 Å². The van der Waals surface area contributed by atoms with Crippen LogP contribution in [0.15, 0.2) is 30.9 Å². The van der Waals surface area contributed by atoms with Crippen LogP contribution in [0.25, 0.3) is 5.69 Å². The van der Waals surface area contributed by atoms with Crippen molar-refractivity contribution < 1.29 is 0 Å². The van der Waals surface area contributed by atoms with E-state index in [0.717, 1.165) is 5.69 Å². The molecule has 1 aromatic heterocycles. The summed E-state index contributed by atoms with van der Waals surface area (Å²) in [5, 5.41) is 7.98. The Morgan fingerprint density at radius 1 is 1.25 bits per heavy atom. The van der Waals surface area contributed by atoms with E-state index in [0.29, 0.717) is 5.02 Å². The first-order chi connectivity index (χ1) is 5.86. The molecule has 4 heteroatoms. The molecular formula is C8H5ClN3. The number of benzene rings is 1. The van der Waals surface area contributed by atoms with Crippen LogP contribution in [0.5, 0.6) is 0 Å². The predicted molar refractivity (Wildman–Crippen MR) is 45.2 cm³/mol. The van der Waals surface area contributed by atoms with Crippen molar-refractivity contribution in [3.63, 3.8) is 0 Å². The Kier molecular flexibility index (Phi) is 1.80. The van der Waals surface area contributed by atoms with Gasteiger partial charge in [-0.3, -0.25) is 4.57 Å².